The zero-order valence-corrected chi connectivity index (χ0v) is 15.2. The van der Waals surface area contributed by atoms with Crippen LogP contribution in [-0.4, -0.2) is 11.8 Å². The monoisotopic (exact) mass is 363 g/mol. The van der Waals surface area contributed by atoms with Crippen molar-refractivity contribution in [2.24, 2.45) is 5.73 Å². The van der Waals surface area contributed by atoms with E-state index in [2.05, 4.69) is 67.0 Å². The van der Waals surface area contributed by atoms with Crippen molar-refractivity contribution in [1.29, 1.82) is 0 Å². The fourth-order valence-corrected chi connectivity index (χ4v) is 4.07. The fourth-order valence-electron chi connectivity index (χ4n) is 2.61. The number of nitrogens with two attached hydrogens (primary N) is 1. The van der Waals surface area contributed by atoms with E-state index in [0.29, 0.717) is 0 Å². The second kappa shape index (κ2) is 7.48. The lowest BCUT2D eigenvalue weighted by atomic mass is 9.95. The number of rotatable bonds is 5. The number of thioether (sulfide) groups is 1. The van der Waals surface area contributed by atoms with E-state index in [9.17, 15) is 0 Å². The number of aryl methyl sites for hydroxylation is 3. The number of halogens is 1. The van der Waals surface area contributed by atoms with Gasteiger partial charge >= 0.3 is 0 Å². The van der Waals surface area contributed by atoms with E-state index in [-0.39, 0.29) is 6.04 Å². The Labute approximate surface area is 140 Å². The van der Waals surface area contributed by atoms with Gasteiger partial charge in [-0.3, -0.25) is 0 Å². The minimum atomic E-state index is 0.175. The second-order valence-electron chi connectivity index (χ2n) is 5.61. The van der Waals surface area contributed by atoms with Crippen molar-refractivity contribution < 1.29 is 0 Å². The third kappa shape index (κ3) is 4.87. The minimum absolute atomic E-state index is 0.175. The predicted molar refractivity (Wildman–Crippen MR) is 97.2 cm³/mol. The molecule has 2 aromatic carbocycles. The molecule has 2 N–H and O–H groups in total. The van der Waals surface area contributed by atoms with Gasteiger partial charge in [0, 0.05) is 21.2 Å². The molecule has 112 valence electrons. The summed E-state index contributed by atoms with van der Waals surface area (Å²) in [6.07, 6.45) is 0.943. The van der Waals surface area contributed by atoms with Gasteiger partial charge in [-0.1, -0.05) is 39.7 Å². The average molecular weight is 364 g/mol. The molecular formula is C18H22BrNS. The van der Waals surface area contributed by atoms with Gasteiger partial charge in [0.1, 0.15) is 0 Å². The van der Waals surface area contributed by atoms with Gasteiger partial charge in [-0.25, -0.2) is 0 Å². The molecule has 0 fully saturated rings. The summed E-state index contributed by atoms with van der Waals surface area (Å²) in [5.41, 5.74) is 11.8. The molecule has 0 aliphatic carbocycles. The summed E-state index contributed by atoms with van der Waals surface area (Å²) >= 11 is 5.33. The second-order valence-corrected chi connectivity index (χ2v) is 7.62. The highest BCUT2D eigenvalue weighted by Crippen LogP contribution is 2.24. The first kappa shape index (κ1) is 16.6. The van der Waals surface area contributed by atoms with Crippen LogP contribution in [0.5, 0.6) is 0 Å². The Morgan fingerprint density at radius 1 is 1.10 bits per heavy atom. The quantitative estimate of drug-likeness (QED) is 0.753. The zero-order chi connectivity index (χ0) is 15.4. The van der Waals surface area contributed by atoms with Crippen molar-refractivity contribution in [1.82, 2.24) is 0 Å². The van der Waals surface area contributed by atoms with Crippen LogP contribution in [0.1, 0.15) is 22.3 Å². The number of benzene rings is 2. The van der Waals surface area contributed by atoms with Gasteiger partial charge in [-0.15, -0.1) is 11.8 Å². The van der Waals surface area contributed by atoms with E-state index in [1.807, 2.05) is 17.8 Å². The van der Waals surface area contributed by atoms with Gasteiger partial charge < -0.3 is 5.73 Å². The summed E-state index contributed by atoms with van der Waals surface area (Å²) in [6.45, 7) is 6.51. The van der Waals surface area contributed by atoms with Crippen LogP contribution < -0.4 is 5.73 Å². The lowest BCUT2D eigenvalue weighted by Crippen LogP contribution is -2.26. The van der Waals surface area contributed by atoms with Crippen molar-refractivity contribution in [2.45, 2.75) is 38.1 Å². The molecule has 1 atom stereocenters. The van der Waals surface area contributed by atoms with Crippen molar-refractivity contribution >= 4 is 27.7 Å². The van der Waals surface area contributed by atoms with E-state index in [1.165, 1.54) is 27.1 Å². The third-order valence-electron chi connectivity index (χ3n) is 3.57. The highest BCUT2D eigenvalue weighted by molar-refractivity contribution is 9.10. The van der Waals surface area contributed by atoms with Gasteiger partial charge in [0.15, 0.2) is 0 Å². The maximum atomic E-state index is 6.33. The normalized spacial score (nSPS) is 12.4. The molecule has 0 spiro atoms. The number of hydrogen-bond donors (Lipinski definition) is 1. The van der Waals surface area contributed by atoms with Crippen LogP contribution in [0.4, 0.5) is 0 Å². The molecule has 3 heteroatoms. The largest absolute Gasteiger partial charge is 0.327 e. The van der Waals surface area contributed by atoms with Crippen molar-refractivity contribution in [3.05, 3.63) is 63.1 Å². The Hall–Kier alpha value is -0.770. The van der Waals surface area contributed by atoms with Gasteiger partial charge in [0.25, 0.3) is 0 Å². The van der Waals surface area contributed by atoms with Gasteiger partial charge in [-0.2, -0.15) is 0 Å². The molecule has 0 aliphatic heterocycles. The molecule has 0 radical (unpaired) electrons. The summed E-state index contributed by atoms with van der Waals surface area (Å²) in [5.74, 6) is 0.934. The number of hydrogen-bond acceptors (Lipinski definition) is 2. The highest BCUT2D eigenvalue weighted by atomic mass is 79.9. The van der Waals surface area contributed by atoms with Crippen LogP contribution in [0, 0.1) is 20.8 Å². The van der Waals surface area contributed by atoms with Crippen molar-refractivity contribution in [3.63, 3.8) is 0 Å². The standard InChI is InChI=1S/C18H22BrNS/c1-12-7-13(2)18(14(3)8-12)10-16(20)11-21-17-6-4-5-15(19)9-17/h4-9,16H,10-11,20H2,1-3H3. The summed E-state index contributed by atoms with van der Waals surface area (Å²) < 4.78 is 1.12. The van der Waals surface area contributed by atoms with Crippen LogP contribution in [0.2, 0.25) is 0 Å². The van der Waals surface area contributed by atoms with Crippen molar-refractivity contribution in [2.75, 3.05) is 5.75 Å². The lowest BCUT2D eigenvalue weighted by Gasteiger charge is -2.16. The minimum Gasteiger partial charge on any atom is -0.327 e. The molecule has 0 aromatic heterocycles. The first-order valence-corrected chi connectivity index (χ1v) is 8.94. The molecule has 0 bridgehead atoms. The van der Waals surface area contributed by atoms with Gasteiger partial charge in [0.2, 0.25) is 0 Å². The highest BCUT2D eigenvalue weighted by Gasteiger charge is 2.10. The topological polar surface area (TPSA) is 26.0 Å². The molecule has 2 aromatic rings. The Morgan fingerprint density at radius 3 is 2.38 bits per heavy atom. The maximum Gasteiger partial charge on any atom is 0.0186 e. The van der Waals surface area contributed by atoms with Crippen molar-refractivity contribution in [3.8, 4) is 0 Å². The molecule has 0 saturated heterocycles. The van der Waals surface area contributed by atoms with Crippen LogP contribution in [0.3, 0.4) is 0 Å². The molecule has 0 aliphatic rings. The Kier molecular flexibility index (Phi) is 5.91. The van der Waals surface area contributed by atoms with Crippen LogP contribution in [0.15, 0.2) is 45.8 Å². The predicted octanol–water partition coefficient (Wildman–Crippen LogP) is 5.04. The fraction of sp³-hybridized carbons (Fsp3) is 0.333. The molecule has 0 amide bonds. The van der Waals surface area contributed by atoms with Gasteiger partial charge in [0.05, 0.1) is 0 Å². The molecule has 0 heterocycles. The smallest absolute Gasteiger partial charge is 0.0186 e. The average Bonchev–Trinajstić information content (AvgIpc) is 2.40. The molecular weight excluding hydrogens is 342 g/mol. The van der Waals surface area contributed by atoms with Crippen LogP contribution in [-0.2, 0) is 6.42 Å². The summed E-state index contributed by atoms with van der Waals surface area (Å²) in [5, 5.41) is 0. The van der Waals surface area contributed by atoms with E-state index >= 15 is 0 Å². The van der Waals surface area contributed by atoms with E-state index in [1.54, 1.807) is 0 Å². The summed E-state index contributed by atoms with van der Waals surface area (Å²) in [4.78, 5) is 1.26. The zero-order valence-electron chi connectivity index (χ0n) is 12.8. The lowest BCUT2D eigenvalue weighted by molar-refractivity contribution is 0.741. The third-order valence-corrected chi connectivity index (χ3v) is 5.24. The summed E-state index contributed by atoms with van der Waals surface area (Å²) in [6, 6.07) is 13.0. The van der Waals surface area contributed by atoms with Crippen LogP contribution >= 0.6 is 27.7 Å². The Morgan fingerprint density at radius 2 is 1.76 bits per heavy atom. The maximum absolute atomic E-state index is 6.33. The SMILES string of the molecule is Cc1cc(C)c(CC(N)CSc2cccc(Br)c2)c(C)c1. The summed E-state index contributed by atoms with van der Waals surface area (Å²) in [7, 11) is 0. The van der Waals surface area contributed by atoms with Gasteiger partial charge in [-0.05, 0) is 62.1 Å². The van der Waals surface area contributed by atoms with E-state index < -0.39 is 0 Å². The molecule has 1 unspecified atom stereocenters. The first-order valence-electron chi connectivity index (χ1n) is 7.16. The van der Waals surface area contributed by atoms with Crippen LogP contribution in [0.25, 0.3) is 0 Å². The first-order chi connectivity index (χ1) is 9.95. The molecule has 0 saturated carbocycles. The molecule has 1 nitrogen and oxygen atoms in total. The Balaban J connectivity index is 1.97. The molecule has 21 heavy (non-hydrogen) atoms. The van der Waals surface area contributed by atoms with E-state index in [0.717, 1.165) is 16.6 Å². The van der Waals surface area contributed by atoms with E-state index in [4.69, 9.17) is 5.73 Å². The Bertz CT molecular complexity index is 601. The molecule has 2 rings (SSSR count).